The molecule has 0 spiro atoms. The average molecular weight is 390 g/mol. The average Bonchev–Trinajstić information content (AvgIpc) is 3.15. The van der Waals surface area contributed by atoms with Crippen molar-refractivity contribution in [2.75, 3.05) is 26.6 Å². The summed E-state index contributed by atoms with van der Waals surface area (Å²) in [6.07, 6.45) is 5.35. The first-order valence-electron chi connectivity index (χ1n) is 9.15. The molecule has 1 N–H and O–H groups in total. The van der Waals surface area contributed by atoms with Crippen LogP contribution in [0, 0.1) is 0 Å². The summed E-state index contributed by atoms with van der Waals surface area (Å²) in [5.41, 5.74) is 3.53. The highest BCUT2D eigenvalue weighted by Crippen LogP contribution is 2.42. The number of nitrogens with one attached hydrogen (secondary N) is 1. The van der Waals surface area contributed by atoms with Crippen LogP contribution in [0.2, 0.25) is 0 Å². The second-order valence-electron chi connectivity index (χ2n) is 6.37. The maximum Gasteiger partial charge on any atom is 0.203 e. The van der Waals surface area contributed by atoms with Gasteiger partial charge in [-0.2, -0.15) is 0 Å². The van der Waals surface area contributed by atoms with Gasteiger partial charge in [0, 0.05) is 24.5 Å². The SMILES string of the molecule is COc1cc(-c2nc3cnccn3c2NCc2ccccc2)cc(OC)c1OC. The van der Waals surface area contributed by atoms with Crippen LogP contribution < -0.4 is 19.5 Å². The van der Waals surface area contributed by atoms with E-state index in [0.717, 1.165) is 22.7 Å². The maximum absolute atomic E-state index is 5.51. The lowest BCUT2D eigenvalue weighted by molar-refractivity contribution is 0.324. The standard InChI is InChI=1S/C22H22N4O3/c1-27-17-11-16(12-18(28-2)21(17)29-3)20-22(24-13-15-7-5-4-6-8-15)26-10-9-23-14-19(26)25-20/h4-12,14,24H,13H2,1-3H3. The molecule has 0 saturated carbocycles. The molecule has 4 aromatic rings. The van der Waals surface area contributed by atoms with E-state index in [1.807, 2.05) is 40.9 Å². The zero-order valence-corrected chi connectivity index (χ0v) is 16.5. The van der Waals surface area contributed by atoms with Crippen molar-refractivity contribution >= 4 is 11.5 Å². The van der Waals surface area contributed by atoms with Crippen molar-refractivity contribution in [2.45, 2.75) is 6.54 Å². The summed E-state index contributed by atoms with van der Waals surface area (Å²) in [7, 11) is 4.79. The maximum atomic E-state index is 5.51. The lowest BCUT2D eigenvalue weighted by atomic mass is 10.1. The van der Waals surface area contributed by atoms with Gasteiger partial charge in [0.2, 0.25) is 5.75 Å². The Labute approximate surface area is 168 Å². The van der Waals surface area contributed by atoms with Crippen molar-refractivity contribution in [3.8, 4) is 28.5 Å². The highest BCUT2D eigenvalue weighted by Gasteiger charge is 2.19. The Hall–Kier alpha value is -3.74. The van der Waals surface area contributed by atoms with Gasteiger partial charge >= 0.3 is 0 Å². The molecule has 0 aliphatic heterocycles. The van der Waals surface area contributed by atoms with Gasteiger partial charge in [-0.1, -0.05) is 30.3 Å². The van der Waals surface area contributed by atoms with Crippen molar-refractivity contribution in [3.63, 3.8) is 0 Å². The molecule has 4 rings (SSSR count). The Morgan fingerprint density at radius 3 is 2.34 bits per heavy atom. The number of hydrogen-bond acceptors (Lipinski definition) is 6. The van der Waals surface area contributed by atoms with E-state index in [2.05, 4.69) is 22.4 Å². The Kier molecular flexibility index (Phi) is 5.20. The van der Waals surface area contributed by atoms with Crippen LogP contribution in [-0.2, 0) is 6.54 Å². The molecular formula is C22H22N4O3. The molecule has 2 aromatic carbocycles. The van der Waals surface area contributed by atoms with E-state index in [1.165, 1.54) is 5.56 Å². The van der Waals surface area contributed by atoms with Gasteiger partial charge in [0.15, 0.2) is 17.1 Å². The summed E-state index contributed by atoms with van der Waals surface area (Å²) in [6.45, 7) is 0.661. The first kappa shape index (κ1) is 18.6. The van der Waals surface area contributed by atoms with E-state index in [1.54, 1.807) is 33.7 Å². The smallest absolute Gasteiger partial charge is 0.203 e. The third kappa shape index (κ3) is 3.54. The van der Waals surface area contributed by atoms with Crippen molar-refractivity contribution in [3.05, 3.63) is 66.6 Å². The molecule has 0 unspecified atom stereocenters. The minimum absolute atomic E-state index is 0.544. The third-order valence-corrected chi connectivity index (χ3v) is 4.67. The number of hydrogen-bond donors (Lipinski definition) is 1. The predicted molar refractivity (Wildman–Crippen MR) is 112 cm³/mol. The Bertz CT molecular complexity index is 1100. The fourth-order valence-corrected chi connectivity index (χ4v) is 3.28. The van der Waals surface area contributed by atoms with Crippen LogP contribution in [0.4, 0.5) is 5.82 Å². The topological polar surface area (TPSA) is 69.9 Å². The monoisotopic (exact) mass is 390 g/mol. The number of benzene rings is 2. The zero-order chi connectivity index (χ0) is 20.2. The Balaban J connectivity index is 1.83. The number of rotatable bonds is 7. The van der Waals surface area contributed by atoms with Crippen molar-refractivity contribution < 1.29 is 14.2 Å². The van der Waals surface area contributed by atoms with Gasteiger partial charge in [-0.05, 0) is 17.7 Å². The Morgan fingerprint density at radius 1 is 0.966 bits per heavy atom. The summed E-state index contributed by atoms with van der Waals surface area (Å²) in [4.78, 5) is 8.98. The molecule has 0 amide bonds. The Morgan fingerprint density at radius 2 is 1.69 bits per heavy atom. The minimum Gasteiger partial charge on any atom is -0.493 e. The second kappa shape index (κ2) is 8.10. The molecule has 7 nitrogen and oxygen atoms in total. The third-order valence-electron chi connectivity index (χ3n) is 4.67. The molecule has 0 aliphatic carbocycles. The highest BCUT2D eigenvalue weighted by atomic mass is 16.5. The van der Waals surface area contributed by atoms with Crippen LogP contribution in [0.3, 0.4) is 0 Å². The molecule has 2 heterocycles. The lowest BCUT2D eigenvalue weighted by Gasteiger charge is -2.14. The van der Waals surface area contributed by atoms with E-state index < -0.39 is 0 Å². The number of nitrogens with zero attached hydrogens (tertiary/aromatic N) is 3. The van der Waals surface area contributed by atoms with Crippen molar-refractivity contribution in [2.24, 2.45) is 0 Å². The van der Waals surface area contributed by atoms with Crippen LogP contribution in [0.15, 0.2) is 61.1 Å². The summed E-state index contributed by atoms with van der Waals surface area (Å²) in [5, 5.41) is 3.51. The molecule has 2 aromatic heterocycles. The number of imidazole rings is 1. The van der Waals surface area contributed by atoms with E-state index in [9.17, 15) is 0 Å². The van der Waals surface area contributed by atoms with Gasteiger partial charge in [0.05, 0.1) is 27.5 Å². The molecule has 0 fully saturated rings. The largest absolute Gasteiger partial charge is 0.493 e. The number of aromatic nitrogens is 3. The first-order chi connectivity index (χ1) is 14.2. The number of anilines is 1. The van der Waals surface area contributed by atoms with Crippen LogP contribution in [0.5, 0.6) is 17.2 Å². The molecule has 0 saturated heterocycles. The highest BCUT2D eigenvalue weighted by molar-refractivity contribution is 5.79. The summed E-state index contributed by atoms with van der Waals surface area (Å²) >= 11 is 0. The molecule has 0 radical (unpaired) electrons. The van der Waals surface area contributed by atoms with Crippen LogP contribution >= 0.6 is 0 Å². The van der Waals surface area contributed by atoms with Crippen LogP contribution in [-0.4, -0.2) is 35.7 Å². The molecule has 29 heavy (non-hydrogen) atoms. The first-order valence-corrected chi connectivity index (χ1v) is 9.15. The number of ether oxygens (including phenoxy) is 3. The van der Waals surface area contributed by atoms with Crippen molar-refractivity contribution in [1.82, 2.24) is 14.4 Å². The van der Waals surface area contributed by atoms with Gasteiger partial charge in [0.25, 0.3) is 0 Å². The van der Waals surface area contributed by atoms with Gasteiger partial charge in [-0.3, -0.25) is 9.38 Å². The van der Waals surface area contributed by atoms with Gasteiger partial charge in [0.1, 0.15) is 11.5 Å². The number of methoxy groups -OCH3 is 3. The zero-order valence-electron chi connectivity index (χ0n) is 16.5. The molecular weight excluding hydrogens is 368 g/mol. The molecule has 0 bridgehead atoms. The molecule has 0 atom stereocenters. The van der Waals surface area contributed by atoms with E-state index in [4.69, 9.17) is 19.2 Å². The van der Waals surface area contributed by atoms with E-state index in [0.29, 0.717) is 23.8 Å². The second-order valence-corrected chi connectivity index (χ2v) is 6.37. The van der Waals surface area contributed by atoms with Gasteiger partial charge < -0.3 is 19.5 Å². The number of fused-ring (bicyclic) bond motifs is 1. The van der Waals surface area contributed by atoms with E-state index >= 15 is 0 Å². The van der Waals surface area contributed by atoms with E-state index in [-0.39, 0.29) is 0 Å². The summed E-state index contributed by atoms with van der Waals surface area (Å²) in [6, 6.07) is 14.0. The quantitative estimate of drug-likeness (QED) is 0.514. The van der Waals surface area contributed by atoms with Gasteiger partial charge in [-0.25, -0.2) is 4.98 Å². The fraction of sp³-hybridized carbons (Fsp3) is 0.182. The van der Waals surface area contributed by atoms with Crippen LogP contribution in [0.1, 0.15) is 5.56 Å². The van der Waals surface area contributed by atoms with Crippen LogP contribution in [0.25, 0.3) is 16.9 Å². The normalized spacial score (nSPS) is 10.7. The van der Waals surface area contributed by atoms with Gasteiger partial charge in [-0.15, -0.1) is 0 Å². The predicted octanol–water partition coefficient (Wildman–Crippen LogP) is 4.03. The van der Waals surface area contributed by atoms with Crippen molar-refractivity contribution in [1.29, 1.82) is 0 Å². The molecule has 148 valence electrons. The summed E-state index contributed by atoms with van der Waals surface area (Å²) in [5.74, 6) is 2.56. The minimum atomic E-state index is 0.544. The molecule has 7 heteroatoms. The summed E-state index contributed by atoms with van der Waals surface area (Å²) < 4.78 is 18.4. The lowest BCUT2D eigenvalue weighted by Crippen LogP contribution is -2.03. The molecule has 0 aliphatic rings. The fourth-order valence-electron chi connectivity index (χ4n) is 3.28.